The summed E-state index contributed by atoms with van der Waals surface area (Å²) in [5.41, 5.74) is 1.65. The lowest BCUT2D eigenvalue weighted by atomic mass is 10.2. The lowest BCUT2D eigenvalue weighted by molar-refractivity contribution is -0.117. The van der Waals surface area contributed by atoms with Gasteiger partial charge in [-0.15, -0.1) is 0 Å². The van der Waals surface area contributed by atoms with E-state index in [4.69, 9.17) is 4.74 Å². The van der Waals surface area contributed by atoms with Gasteiger partial charge in [-0.25, -0.2) is 0 Å². The summed E-state index contributed by atoms with van der Waals surface area (Å²) in [6, 6.07) is 8.43. The standard InChI is InChI=1S/C20H22N4O4/c1-4-18(25)23-10-8-19(26)24-14-6-5-13(2)17(11-14)28-15-7-9-22-16(12-15)20(27)21-3/h4-7,9,11-12H,1,8,10H2,2-3H3,(H,21,27)(H,23,25)(H,24,26). The van der Waals surface area contributed by atoms with E-state index in [0.29, 0.717) is 17.2 Å². The predicted octanol–water partition coefficient (Wildman–Crippen LogP) is 2.17. The van der Waals surface area contributed by atoms with Gasteiger partial charge in [0.15, 0.2) is 0 Å². The average Bonchev–Trinajstić information content (AvgIpc) is 2.70. The Balaban J connectivity index is 2.05. The van der Waals surface area contributed by atoms with Crippen LogP contribution in [0.3, 0.4) is 0 Å². The third kappa shape index (κ3) is 5.94. The fourth-order valence-electron chi connectivity index (χ4n) is 2.24. The quantitative estimate of drug-likeness (QED) is 0.606. The number of amides is 3. The minimum atomic E-state index is -0.327. The van der Waals surface area contributed by atoms with Crippen molar-refractivity contribution in [3.05, 3.63) is 60.4 Å². The van der Waals surface area contributed by atoms with E-state index in [1.54, 1.807) is 18.2 Å². The van der Waals surface area contributed by atoms with Gasteiger partial charge in [0.1, 0.15) is 17.2 Å². The average molecular weight is 382 g/mol. The summed E-state index contributed by atoms with van der Waals surface area (Å²) in [7, 11) is 1.52. The molecule has 2 rings (SSSR count). The van der Waals surface area contributed by atoms with E-state index in [9.17, 15) is 14.4 Å². The number of aryl methyl sites for hydroxylation is 1. The summed E-state index contributed by atoms with van der Waals surface area (Å²) in [4.78, 5) is 38.8. The molecular formula is C20H22N4O4. The molecule has 0 unspecified atom stereocenters. The number of anilines is 1. The monoisotopic (exact) mass is 382 g/mol. The molecule has 1 aromatic carbocycles. The van der Waals surface area contributed by atoms with Crippen molar-refractivity contribution in [3.8, 4) is 11.5 Å². The first-order chi connectivity index (χ1) is 13.4. The summed E-state index contributed by atoms with van der Waals surface area (Å²) in [6.07, 6.45) is 2.76. The second kappa shape index (κ2) is 9.86. The highest BCUT2D eigenvalue weighted by atomic mass is 16.5. The Morgan fingerprint density at radius 3 is 2.71 bits per heavy atom. The Bertz CT molecular complexity index is 896. The van der Waals surface area contributed by atoms with Crippen molar-refractivity contribution in [3.63, 3.8) is 0 Å². The summed E-state index contributed by atoms with van der Waals surface area (Å²) in [6.45, 7) is 5.43. The number of pyridine rings is 1. The van der Waals surface area contributed by atoms with Gasteiger partial charge in [-0.2, -0.15) is 0 Å². The molecule has 3 N–H and O–H groups in total. The van der Waals surface area contributed by atoms with Crippen LogP contribution in [-0.4, -0.2) is 36.3 Å². The van der Waals surface area contributed by atoms with E-state index in [1.165, 1.54) is 19.3 Å². The highest BCUT2D eigenvalue weighted by molar-refractivity contribution is 5.93. The van der Waals surface area contributed by atoms with Gasteiger partial charge >= 0.3 is 0 Å². The van der Waals surface area contributed by atoms with E-state index in [2.05, 4.69) is 27.5 Å². The second-order valence-electron chi connectivity index (χ2n) is 5.83. The van der Waals surface area contributed by atoms with Crippen LogP contribution in [0.1, 0.15) is 22.5 Å². The third-order valence-corrected chi connectivity index (χ3v) is 3.73. The van der Waals surface area contributed by atoms with Crippen LogP contribution in [-0.2, 0) is 9.59 Å². The molecular weight excluding hydrogens is 360 g/mol. The first-order valence-corrected chi connectivity index (χ1v) is 8.59. The molecule has 1 heterocycles. The number of nitrogens with one attached hydrogen (secondary N) is 3. The van der Waals surface area contributed by atoms with Crippen LogP contribution in [0.2, 0.25) is 0 Å². The van der Waals surface area contributed by atoms with Crippen LogP contribution in [0.5, 0.6) is 11.5 Å². The molecule has 28 heavy (non-hydrogen) atoms. The molecule has 0 aliphatic carbocycles. The Hall–Kier alpha value is -3.68. The lowest BCUT2D eigenvalue weighted by Gasteiger charge is -2.12. The number of nitrogens with zero attached hydrogens (tertiary/aromatic N) is 1. The lowest BCUT2D eigenvalue weighted by Crippen LogP contribution is -2.25. The molecule has 1 aromatic heterocycles. The summed E-state index contributed by atoms with van der Waals surface area (Å²) in [5.74, 6) is 0.100. The Labute approximate surface area is 163 Å². The minimum absolute atomic E-state index is 0.128. The zero-order valence-electron chi connectivity index (χ0n) is 15.7. The summed E-state index contributed by atoms with van der Waals surface area (Å²) >= 11 is 0. The van der Waals surface area contributed by atoms with Crippen LogP contribution in [0.4, 0.5) is 5.69 Å². The van der Waals surface area contributed by atoms with Crippen LogP contribution in [0, 0.1) is 6.92 Å². The molecule has 8 nitrogen and oxygen atoms in total. The van der Waals surface area contributed by atoms with Gasteiger partial charge in [0.2, 0.25) is 11.8 Å². The zero-order valence-corrected chi connectivity index (χ0v) is 15.7. The smallest absolute Gasteiger partial charge is 0.269 e. The van der Waals surface area contributed by atoms with Crippen molar-refractivity contribution in [1.29, 1.82) is 0 Å². The molecule has 8 heteroatoms. The molecule has 146 valence electrons. The number of ether oxygens (including phenoxy) is 1. The van der Waals surface area contributed by atoms with E-state index >= 15 is 0 Å². The molecule has 0 saturated heterocycles. The highest BCUT2D eigenvalue weighted by Crippen LogP contribution is 2.28. The normalized spacial score (nSPS) is 9.93. The number of hydrogen-bond acceptors (Lipinski definition) is 5. The van der Waals surface area contributed by atoms with Crippen molar-refractivity contribution in [2.75, 3.05) is 18.9 Å². The number of benzene rings is 1. The summed E-state index contributed by atoms with van der Waals surface area (Å²) in [5, 5.41) is 7.80. The van der Waals surface area contributed by atoms with Gasteiger partial charge in [0, 0.05) is 44.0 Å². The minimum Gasteiger partial charge on any atom is -0.457 e. The fourth-order valence-corrected chi connectivity index (χ4v) is 2.24. The zero-order chi connectivity index (χ0) is 20.5. The maximum atomic E-state index is 12.0. The van der Waals surface area contributed by atoms with E-state index in [1.807, 2.05) is 13.0 Å². The van der Waals surface area contributed by atoms with E-state index in [-0.39, 0.29) is 36.4 Å². The molecule has 0 aliphatic heterocycles. The number of rotatable bonds is 8. The Morgan fingerprint density at radius 2 is 2.00 bits per heavy atom. The molecule has 0 saturated carbocycles. The van der Waals surface area contributed by atoms with Crippen molar-refractivity contribution in [2.24, 2.45) is 0 Å². The first kappa shape index (κ1) is 20.6. The Kier molecular flexibility index (Phi) is 7.27. The van der Waals surface area contributed by atoms with Gasteiger partial charge in [-0.1, -0.05) is 12.6 Å². The molecule has 0 bridgehead atoms. The van der Waals surface area contributed by atoms with Gasteiger partial charge < -0.3 is 20.7 Å². The number of carbonyl (C=O) groups excluding carboxylic acids is 3. The molecule has 0 radical (unpaired) electrons. The SMILES string of the molecule is C=CC(=O)NCCC(=O)Nc1ccc(C)c(Oc2ccnc(C(=O)NC)c2)c1. The van der Waals surface area contributed by atoms with Gasteiger partial charge in [0.05, 0.1) is 0 Å². The van der Waals surface area contributed by atoms with Crippen LogP contribution >= 0.6 is 0 Å². The molecule has 0 spiro atoms. The maximum Gasteiger partial charge on any atom is 0.269 e. The van der Waals surface area contributed by atoms with Gasteiger partial charge in [-0.05, 0) is 30.7 Å². The molecule has 3 amide bonds. The van der Waals surface area contributed by atoms with Crippen LogP contribution in [0.15, 0.2) is 49.2 Å². The van der Waals surface area contributed by atoms with E-state index in [0.717, 1.165) is 11.6 Å². The van der Waals surface area contributed by atoms with Gasteiger partial charge in [0.25, 0.3) is 5.91 Å². The second-order valence-corrected chi connectivity index (χ2v) is 5.83. The van der Waals surface area contributed by atoms with Crippen molar-refractivity contribution >= 4 is 23.4 Å². The third-order valence-electron chi connectivity index (χ3n) is 3.73. The first-order valence-electron chi connectivity index (χ1n) is 8.59. The number of hydrogen-bond donors (Lipinski definition) is 3. The molecule has 0 aliphatic rings. The largest absolute Gasteiger partial charge is 0.457 e. The Morgan fingerprint density at radius 1 is 1.21 bits per heavy atom. The maximum absolute atomic E-state index is 12.0. The molecule has 0 atom stereocenters. The van der Waals surface area contributed by atoms with Crippen LogP contribution in [0.25, 0.3) is 0 Å². The van der Waals surface area contributed by atoms with E-state index < -0.39 is 0 Å². The number of carbonyl (C=O) groups is 3. The van der Waals surface area contributed by atoms with Crippen molar-refractivity contribution in [2.45, 2.75) is 13.3 Å². The van der Waals surface area contributed by atoms with Crippen LogP contribution < -0.4 is 20.7 Å². The predicted molar refractivity (Wildman–Crippen MR) is 105 cm³/mol. The van der Waals surface area contributed by atoms with Crippen molar-refractivity contribution in [1.82, 2.24) is 15.6 Å². The number of aromatic nitrogens is 1. The van der Waals surface area contributed by atoms with Gasteiger partial charge in [-0.3, -0.25) is 19.4 Å². The highest BCUT2D eigenvalue weighted by Gasteiger charge is 2.10. The molecule has 0 fully saturated rings. The summed E-state index contributed by atoms with van der Waals surface area (Å²) < 4.78 is 5.85. The molecule has 2 aromatic rings. The topological polar surface area (TPSA) is 109 Å². The van der Waals surface area contributed by atoms with Crippen molar-refractivity contribution < 1.29 is 19.1 Å². The fraction of sp³-hybridized carbons (Fsp3) is 0.200.